The first-order chi connectivity index (χ1) is 12.2. The van der Waals surface area contributed by atoms with E-state index in [4.69, 9.17) is 0 Å². The van der Waals surface area contributed by atoms with Crippen LogP contribution in [0, 0.1) is 0 Å². The van der Waals surface area contributed by atoms with Gasteiger partial charge in [-0.25, -0.2) is 4.79 Å². The number of hydrogen-bond acceptors (Lipinski definition) is 2. The summed E-state index contributed by atoms with van der Waals surface area (Å²) in [6.45, 7) is 0. The number of aldehydes is 1. The van der Waals surface area contributed by atoms with Crippen LogP contribution < -0.4 is 0 Å². The summed E-state index contributed by atoms with van der Waals surface area (Å²) in [5, 5.41) is 12.8. The zero-order valence-corrected chi connectivity index (χ0v) is 13.0. The second kappa shape index (κ2) is 4.70. The van der Waals surface area contributed by atoms with E-state index in [1.54, 1.807) is 0 Å². The summed E-state index contributed by atoms with van der Waals surface area (Å²) < 4.78 is 0. The third-order valence-electron chi connectivity index (χ3n) is 4.78. The van der Waals surface area contributed by atoms with E-state index < -0.39 is 5.97 Å². The van der Waals surface area contributed by atoms with Crippen LogP contribution in [0.15, 0.2) is 48.5 Å². The Hall–Kier alpha value is -3.60. The van der Waals surface area contributed by atoms with E-state index in [-0.39, 0.29) is 5.56 Å². The van der Waals surface area contributed by atoms with Crippen molar-refractivity contribution in [2.75, 3.05) is 0 Å². The summed E-state index contributed by atoms with van der Waals surface area (Å²) in [4.78, 5) is 30.5. The SMILES string of the molecule is O=Cc1c2[nH]c3ccccc3c2c(C(=O)O)c2[nH]c3ccccc3c12. The van der Waals surface area contributed by atoms with E-state index >= 15 is 0 Å². The van der Waals surface area contributed by atoms with Crippen molar-refractivity contribution in [3.8, 4) is 0 Å². The summed E-state index contributed by atoms with van der Waals surface area (Å²) in [6, 6.07) is 15.0. The molecule has 0 aliphatic rings. The number of H-pyrrole nitrogens is 2. The van der Waals surface area contributed by atoms with Gasteiger partial charge in [-0.15, -0.1) is 0 Å². The number of hydrogen-bond donors (Lipinski definition) is 3. The van der Waals surface area contributed by atoms with Gasteiger partial charge in [0.25, 0.3) is 0 Å². The first-order valence-corrected chi connectivity index (χ1v) is 7.86. The van der Waals surface area contributed by atoms with E-state index in [0.717, 1.165) is 28.1 Å². The van der Waals surface area contributed by atoms with Gasteiger partial charge >= 0.3 is 5.97 Å². The molecule has 120 valence electrons. The predicted molar refractivity (Wildman–Crippen MR) is 97.5 cm³/mol. The zero-order chi connectivity index (χ0) is 17.1. The van der Waals surface area contributed by atoms with Crippen LogP contribution in [0.1, 0.15) is 20.7 Å². The second-order valence-electron chi connectivity index (χ2n) is 6.05. The molecule has 0 fully saturated rings. The average Bonchev–Trinajstić information content (AvgIpc) is 3.18. The second-order valence-corrected chi connectivity index (χ2v) is 6.05. The highest BCUT2D eigenvalue weighted by atomic mass is 16.4. The lowest BCUT2D eigenvalue weighted by Gasteiger charge is -2.05. The Morgan fingerprint density at radius 3 is 2.00 bits per heavy atom. The van der Waals surface area contributed by atoms with E-state index in [1.807, 2.05) is 48.5 Å². The molecule has 5 rings (SSSR count). The minimum absolute atomic E-state index is 0.184. The number of carboxylic acid groups (broad SMARTS) is 1. The smallest absolute Gasteiger partial charge is 0.338 e. The van der Waals surface area contributed by atoms with Gasteiger partial charge in [0.15, 0.2) is 6.29 Å². The third-order valence-corrected chi connectivity index (χ3v) is 4.78. The maximum atomic E-state index is 12.1. The molecule has 3 N–H and O–H groups in total. The number of fused-ring (bicyclic) bond motifs is 6. The van der Waals surface area contributed by atoms with Crippen molar-refractivity contribution in [1.82, 2.24) is 9.97 Å². The van der Waals surface area contributed by atoms with Crippen molar-refractivity contribution in [2.45, 2.75) is 0 Å². The lowest BCUT2D eigenvalue weighted by Crippen LogP contribution is -2.01. The number of benzene rings is 3. The minimum atomic E-state index is -1.02. The monoisotopic (exact) mass is 328 g/mol. The maximum absolute atomic E-state index is 12.1. The Morgan fingerprint density at radius 2 is 1.40 bits per heavy atom. The van der Waals surface area contributed by atoms with Gasteiger partial charge in [-0.05, 0) is 12.1 Å². The van der Waals surface area contributed by atoms with Gasteiger partial charge in [-0.2, -0.15) is 0 Å². The molecule has 0 bridgehead atoms. The van der Waals surface area contributed by atoms with Crippen molar-refractivity contribution in [1.29, 1.82) is 0 Å². The Balaban J connectivity index is 2.20. The number of carbonyl (C=O) groups excluding carboxylic acids is 1. The van der Waals surface area contributed by atoms with Crippen LogP contribution in [0.3, 0.4) is 0 Å². The van der Waals surface area contributed by atoms with E-state index in [1.165, 1.54) is 0 Å². The largest absolute Gasteiger partial charge is 0.478 e. The molecule has 0 radical (unpaired) electrons. The Bertz CT molecular complexity index is 1340. The first kappa shape index (κ1) is 13.8. The van der Waals surface area contributed by atoms with Crippen molar-refractivity contribution in [3.63, 3.8) is 0 Å². The number of rotatable bonds is 2. The Labute approximate surface area is 140 Å². The van der Waals surface area contributed by atoms with Crippen molar-refractivity contribution in [3.05, 3.63) is 59.7 Å². The lowest BCUT2D eigenvalue weighted by molar-refractivity contribution is 0.0700. The van der Waals surface area contributed by atoms with Crippen LogP contribution >= 0.6 is 0 Å². The highest BCUT2D eigenvalue weighted by Crippen LogP contribution is 2.39. The number of carboxylic acids is 1. The molecular formula is C20H12N2O3. The van der Waals surface area contributed by atoms with Crippen LogP contribution in [-0.4, -0.2) is 27.3 Å². The fraction of sp³-hybridized carbons (Fsp3) is 0. The highest BCUT2D eigenvalue weighted by Gasteiger charge is 2.24. The van der Waals surface area contributed by atoms with Crippen molar-refractivity contribution < 1.29 is 14.7 Å². The molecule has 3 aromatic carbocycles. The van der Waals surface area contributed by atoms with Gasteiger partial charge in [0.2, 0.25) is 0 Å². The van der Waals surface area contributed by atoms with Gasteiger partial charge in [0, 0.05) is 38.1 Å². The molecule has 0 amide bonds. The zero-order valence-electron chi connectivity index (χ0n) is 13.0. The fourth-order valence-electron chi connectivity index (χ4n) is 3.79. The molecule has 2 aromatic heterocycles. The lowest BCUT2D eigenvalue weighted by atomic mass is 9.97. The van der Waals surface area contributed by atoms with Gasteiger partial charge in [0.1, 0.15) is 0 Å². The summed E-state index contributed by atoms with van der Waals surface area (Å²) in [5.74, 6) is -1.02. The molecule has 5 nitrogen and oxygen atoms in total. The van der Waals surface area contributed by atoms with Gasteiger partial charge in [-0.1, -0.05) is 36.4 Å². The van der Waals surface area contributed by atoms with Crippen LogP contribution in [0.4, 0.5) is 0 Å². The summed E-state index contributed by atoms with van der Waals surface area (Å²) >= 11 is 0. The van der Waals surface area contributed by atoms with Crippen LogP contribution in [-0.2, 0) is 0 Å². The fourth-order valence-corrected chi connectivity index (χ4v) is 3.79. The quantitative estimate of drug-likeness (QED) is 0.418. The Morgan fingerprint density at radius 1 is 0.840 bits per heavy atom. The summed E-state index contributed by atoms with van der Waals surface area (Å²) in [6.07, 6.45) is 0.798. The molecule has 0 aliphatic carbocycles. The molecule has 5 aromatic rings. The normalized spacial score (nSPS) is 11.7. The number of carbonyl (C=O) groups is 2. The molecular weight excluding hydrogens is 316 g/mol. The standard InChI is InChI=1S/C20H12N2O3/c23-9-12-15-10-5-1-3-7-13(10)22-19(15)17(20(24)25)16-11-6-2-4-8-14(11)21-18(12)16/h1-9,21-22H,(H,24,25). The Kier molecular flexibility index (Phi) is 2.60. The average molecular weight is 328 g/mol. The van der Waals surface area contributed by atoms with E-state index in [2.05, 4.69) is 9.97 Å². The number of para-hydroxylation sites is 2. The molecule has 25 heavy (non-hydrogen) atoms. The molecule has 0 saturated heterocycles. The third kappa shape index (κ3) is 1.67. The molecule has 0 unspecified atom stereocenters. The molecule has 0 aliphatic heterocycles. The predicted octanol–water partition coefficient (Wildman–Crippen LogP) is 4.47. The van der Waals surface area contributed by atoms with E-state index in [0.29, 0.717) is 27.4 Å². The molecule has 5 heteroatoms. The van der Waals surface area contributed by atoms with Crippen LogP contribution in [0.2, 0.25) is 0 Å². The van der Waals surface area contributed by atoms with Gasteiger partial charge < -0.3 is 15.1 Å². The number of aromatic nitrogens is 2. The maximum Gasteiger partial charge on any atom is 0.338 e. The molecule has 0 spiro atoms. The molecule has 0 atom stereocenters. The minimum Gasteiger partial charge on any atom is -0.478 e. The van der Waals surface area contributed by atoms with Crippen molar-refractivity contribution in [2.24, 2.45) is 0 Å². The summed E-state index contributed by atoms with van der Waals surface area (Å²) in [7, 11) is 0. The van der Waals surface area contributed by atoms with E-state index in [9.17, 15) is 14.7 Å². The van der Waals surface area contributed by atoms with Gasteiger partial charge in [0.05, 0.1) is 16.6 Å². The molecule has 2 heterocycles. The topological polar surface area (TPSA) is 85.9 Å². The van der Waals surface area contributed by atoms with Gasteiger partial charge in [-0.3, -0.25) is 4.79 Å². The van der Waals surface area contributed by atoms with Crippen molar-refractivity contribution >= 4 is 55.9 Å². The number of nitrogens with one attached hydrogen (secondary N) is 2. The molecule has 0 saturated carbocycles. The summed E-state index contributed by atoms with van der Waals surface area (Å²) in [5.41, 5.74) is 3.31. The number of aromatic amines is 2. The number of aromatic carboxylic acids is 1. The first-order valence-electron chi connectivity index (χ1n) is 7.86. The highest BCUT2D eigenvalue weighted by molar-refractivity contribution is 6.31. The van der Waals surface area contributed by atoms with Crippen LogP contribution in [0.5, 0.6) is 0 Å². The van der Waals surface area contributed by atoms with Crippen LogP contribution in [0.25, 0.3) is 43.6 Å².